The van der Waals surface area contributed by atoms with Gasteiger partial charge in [-0.15, -0.1) is 0 Å². The molecule has 2 N–H and O–H groups in total. The van der Waals surface area contributed by atoms with Crippen molar-refractivity contribution in [2.75, 3.05) is 40.9 Å². The Hall–Kier alpha value is -1.28. The molecule has 0 spiro atoms. The van der Waals surface area contributed by atoms with Crippen molar-refractivity contribution in [3.05, 3.63) is 36.5 Å². The molecule has 0 saturated carbocycles. The van der Waals surface area contributed by atoms with Gasteiger partial charge in [0.15, 0.2) is 0 Å². The zero-order valence-corrected chi connectivity index (χ0v) is 51.0. The van der Waals surface area contributed by atoms with Gasteiger partial charge in [0.05, 0.1) is 39.9 Å². The molecule has 0 aromatic carbocycles. The van der Waals surface area contributed by atoms with Crippen LogP contribution in [0.2, 0.25) is 0 Å². The van der Waals surface area contributed by atoms with Gasteiger partial charge < -0.3 is 28.8 Å². The van der Waals surface area contributed by atoms with E-state index in [1.807, 2.05) is 27.2 Å². The molecule has 74 heavy (non-hydrogen) atoms. The van der Waals surface area contributed by atoms with Crippen LogP contribution in [0.1, 0.15) is 322 Å². The molecular formula is C65H127N2O6P. The molecule has 1 amide bonds. The molecule has 0 saturated heterocycles. The lowest BCUT2D eigenvalue weighted by Crippen LogP contribution is -2.45. The first kappa shape index (κ1) is 72.7. The number of likely N-dealkylation sites (N-methyl/N-ethyl adjacent to an activating group) is 1. The number of hydrogen-bond acceptors (Lipinski definition) is 6. The van der Waals surface area contributed by atoms with Crippen molar-refractivity contribution in [1.29, 1.82) is 0 Å². The Morgan fingerprint density at radius 2 is 0.757 bits per heavy atom. The summed E-state index contributed by atoms with van der Waals surface area (Å²) in [5.41, 5.74) is 0. The maximum Gasteiger partial charge on any atom is 0.268 e. The lowest BCUT2D eigenvalue weighted by molar-refractivity contribution is -0.870. The molecule has 3 unspecified atom stereocenters. The summed E-state index contributed by atoms with van der Waals surface area (Å²) >= 11 is 0. The van der Waals surface area contributed by atoms with Crippen molar-refractivity contribution in [2.45, 2.75) is 334 Å². The SMILES string of the molecule is CCCCCCCCCC/C=C\CCCCCCCCCCCCCCCCCCCC(=O)NC(COP(=O)([O-])OCC[N+](C)(C)C)C(O)/C=C/CC/C=C/CCCCCCCCCCCCCCCCCCC. The van der Waals surface area contributed by atoms with E-state index in [4.69, 9.17) is 9.05 Å². The number of aliphatic hydroxyl groups excluding tert-OH is 1. The van der Waals surface area contributed by atoms with Crippen molar-refractivity contribution < 1.29 is 32.9 Å². The van der Waals surface area contributed by atoms with Crippen molar-refractivity contribution in [3.8, 4) is 0 Å². The first-order valence-electron chi connectivity index (χ1n) is 32.4. The summed E-state index contributed by atoms with van der Waals surface area (Å²) in [5.74, 6) is -0.201. The van der Waals surface area contributed by atoms with Crippen LogP contribution >= 0.6 is 7.82 Å². The smallest absolute Gasteiger partial charge is 0.268 e. The molecule has 0 bridgehead atoms. The quantitative estimate of drug-likeness (QED) is 0.0272. The summed E-state index contributed by atoms with van der Waals surface area (Å²) in [4.78, 5) is 25.6. The highest BCUT2D eigenvalue weighted by molar-refractivity contribution is 7.45. The molecule has 0 aromatic heterocycles. The molecule has 8 nitrogen and oxygen atoms in total. The van der Waals surface area contributed by atoms with Crippen LogP contribution in [0.3, 0.4) is 0 Å². The largest absolute Gasteiger partial charge is 0.756 e. The molecule has 9 heteroatoms. The number of carbonyl (C=O) groups is 1. The fraction of sp³-hybridized carbons (Fsp3) is 0.892. The number of carbonyl (C=O) groups excluding carboxylic acids is 1. The number of allylic oxidation sites excluding steroid dienone is 5. The van der Waals surface area contributed by atoms with Crippen LogP contribution < -0.4 is 10.2 Å². The molecule has 3 atom stereocenters. The fourth-order valence-electron chi connectivity index (χ4n) is 9.76. The van der Waals surface area contributed by atoms with Gasteiger partial charge in [-0.25, -0.2) is 0 Å². The molecule has 0 fully saturated rings. The van der Waals surface area contributed by atoms with Crippen molar-refractivity contribution in [2.24, 2.45) is 0 Å². The lowest BCUT2D eigenvalue weighted by Gasteiger charge is -2.29. The van der Waals surface area contributed by atoms with Crippen LogP contribution in [-0.4, -0.2) is 68.5 Å². The second-order valence-corrected chi connectivity index (χ2v) is 24.9. The third kappa shape index (κ3) is 58.4. The number of quaternary nitrogens is 1. The number of phosphoric ester groups is 1. The van der Waals surface area contributed by atoms with E-state index in [-0.39, 0.29) is 19.1 Å². The van der Waals surface area contributed by atoms with Gasteiger partial charge in [0.25, 0.3) is 7.82 Å². The van der Waals surface area contributed by atoms with E-state index in [2.05, 4.69) is 43.5 Å². The Labute approximate surface area is 461 Å². The van der Waals surface area contributed by atoms with Gasteiger partial charge in [0.1, 0.15) is 13.2 Å². The molecule has 0 radical (unpaired) electrons. The molecule has 0 aliphatic heterocycles. The molecule has 0 rings (SSSR count). The maximum atomic E-state index is 13.0. The molecule has 0 aromatic rings. The summed E-state index contributed by atoms with van der Waals surface area (Å²) in [6, 6.07) is -0.903. The lowest BCUT2D eigenvalue weighted by atomic mass is 10.0. The number of rotatable bonds is 60. The van der Waals surface area contributed by atoms with Gasteiger partial charge in [-0.1, -0.05) is 294 Å². The number of nitrogens with zero attached hydrogens (tertiary/aromatic N) is 1. The van der Waals surface area contributed by atoms with Gasteiger partial charge in [0.2, 0.25) is 5.91 Å². The van der Waals surface area contributed by atoms with Gasteiger partial charge >= 0.3 is 0 Å². The van der Waals surface area contributed by atoms with Crippen molar-refractivity contribution >= 4 is 13.7 Å². The van der Waals surface area contributed by atoms with E-state index in [0.29, 0.717) is 17.4 Å². The van der Waals surface area contributed by atoms with Crippen molar-refractivity contribution in [3.63, 3.8) is 0 Å². The third-order valence-electron chi connectivity index (χ3n) is 14.8. The highest BCUT2D eigenvalue weighted by Crippen LogP contribution is 2.38. The van der Waals surface area contributed by atoms with Crippen LogP contribution in [0.4, 0.5) is 0 Å². The second-order valence-electron chi connectivity index (χ2n) is 23.5. The Morgan fingerprint density at radius 1 is 0.459 bits per heavy atom. The second kappa shape index (κ2) is 56.4. The van der Waals surface area contributed by atoms with E-state index >= 15 is 0 Å². The van der Waals surface area contributed by atoms with Crippen LogP contribution in [0.15, 0.2) is 36.5 Å². The summed E-state index contributed by atoms with van der Waals surface area (Å²) in [7, 11) is 1.26. The minimum Gasteiger partial charge on any atom is -0.756 e. The Kier molecular flexibility index (Phi) is 55.5. The molecular weight excluding hydrogens is 936 g/mol. The topological polar surface area (TPSA) is 108 Å². The summed E-state index contributed by atoms with van der Waals surface area (Å²) in [6.45, 7) is 4.68. The normalized spacial score (nSPS) is 14.0. The minimum absolute atomic E-state index is 0.00475. The number of unbranched alkanes of at least 4 members (excludes halogenated alkanes) is 43. The first-order valence-corrected chi connectivity index (χ1v) is 33.8. The van der Waals surface area contributed by atoms with Crippen LogP contribution in [0.25, 0.3) is 0 Å². The van der Waals surface area contributed by atoms with E-state index in [0.717, 1.165) is 38.5 Å². The maximum absolute atomic E-state index is 13.0. The van der Waals surface area contributed by atoms with Crippen LogP contribution in [0, 0.1) is 0 Å². The average Bonchev–Trinajstić information content (AvgIpc) is 3.36. The summed E-state index contributed by atoms with van der Waals surface area (Å²) < 4.78 is 23.4. The van der Waals surface area contributed by atoms with Gasteiger partial charge in [-0.2, -0.15) is 0 Å². The van der Waals surface area contributed by atoms with Gasteiger partial charge in [-0.3, -0.25) is 9.36 Å². The molecule has 438 valence electrons. The monoisotopic (exact) mass is 1060 g/mol. The predicted octanol–water partition coefficient (Wildman–Crippen LogP) is 19.5. The van der Waals surface area contributed by atoms with Crippen LogP contribution in [0.5, 0.6) is 0 Å². The van der Waals surface area contributed by atoms with E-state index in [1.165, 1.54) is 263 Å². The highest BCUT2D eigenvalue weighted by atomic mass is 31.2. The Morgan fingerprint density at radius 3 is 1.09 bits per heavy atom. The number of hydrogen-bond donors (Lipinski definition) is 2. The van der Waals surface area contributed by atoms with E-state index in [1.54, 1.807) is 6.08 Å². The molecule has 0 aliphatic rings. The predicted molar refractivity (Wildman–Crippen MR) is 321 cm³/mol. The zero-order chi connectivity index (χ0) is 54.2. The highest BCUT2D eigenvalue weighted by Gasteiger charge is 2.23. The Balaban J connectivity index is 4.13. The fourth-order valence-corrected chi connectivity index (χ4v) is 10.5. The van der Waals surface area contributed by atoms with E-state index in [9.17, 15) is 19.4 Å². The average molecular weight is 1060 g/mol. The number of nitrogens with one attached hydrogen (secondary N) is 1. The number of aliphatic hydroxyl groups is 1. The standard InChI is InChI=1S/C65H127N2O6P/c1-6-8-10-12-14-16-18-20-22-24-26-28-30-31-32-33-34-35-37-39-41-43-45-47-49-51-53-55-57-59-65(69)66-63(62-73-74(70,71)72-61-60-67(3,4)5)64(68)58-56-54-52-50-48-46-44-42-40-38-36-29-27-25-23-21-19-17-15-13-11-9-7-2/h24,26,48,50,56,58,63-64,68H,6-23,25,27-47,49,51-55,57,59-62H2,1-5H3,(H-,66,69,70,71)/b26-24-,50-48+,58-56+. The first-order chi connectivity index (χ1) is 36.0. The summed E-state index contributed by atoms with van der Waals surface area (Å²) in [6.07, 6.45) is 73.9. The number of phosphoric acid groups is 1. The zero-order valence-electron chi connectivity index (χ0n) is 50.1. The van der Waals surface area contributed by atoms with Crippen LogP contribution in [-0.2, 0) is 18.4 Å². The number of amides is 1. The van der Waals surface area contributed by atoms with Crippen molar-refractivity contribution in [1.82, 2.24) is 5.32 Å². The third-order valence-corrected chi connectivity index (χ3v) is 15.8. The molecule has 0 heterocycles. The summed E-state index contributed by atoms with van der Waals surface area (Å²) in [5, 5.41) is 13.9. The van der Waals surface area contributed by atoms with E-state index < -0.39 is 20.0 Å². The molecule has 0 aliphatic carbocycles. The minimum atomic E-state index is -4.61. The Bertz CT molecular complexity index is 1300. The van der Waals surface area contributed by atoms with Gasteiger partial charge in [-0.05, 0) is 57.8 Å². The van der Waals surface area contributed by atoms with Gasteiger partial charge in [0, 0.05) is 6.42 Å².